The van der Waals surface area contributed by atoms with Crippen molar-refractivity contribution in [2.75, 3.05) is 16.8 Å². The fourth-order valence-electron chi connectivity index (χ4n) is 4.81. The first-order valence-electron chi connectivity index (χ1n) is 11.3. The van der Waals surface area contributed by atoms with Crippen LogP contribution in [-0.2, 0) is 10.5 Å². The zero-order chi connectivity index (χ0) is 23.6. The van der Waals surface area contributed by atoms with Crippen molar-refractivity contribution in [3.8, 4) is 5.75 Å². The van der Waals surface area contributed by atoms with E-state index in [1.807, 2.05) is 84.6 Å². The van der Waals surface area contributed by atoms with E-state index in [9.17, 15) is 4.79 Å². The lowest BCUT2D eigenvalue weighted by Gasteiger charge is -2.44. The SMILES string of the molecule is CCOc1ccc(N2C(/N=C3\N=c4[nH]c5ccccc5c4=N3)=N[C@@]23C(=O)Nc2ccccc23)cc1. The lowest BCUT2D eigenvalue weighted by Crippen LogP contribution is -2.60. The molecule has 0 saturated heterocycles. The van der Waals surface area contributed by atoms with E-state index >= 15 is 0 Å². The summed E-state index contributed by atoms with van der Waals surface area (Å²) >= 11 is 0. The topological polar surface area (TPSA) is 107 Å². The molecule has 1 aromatic heterocycles. The highest BCUT2D eigenvalue weighted by Gasteiger charge is 2.59. The summed E-state index contributed by atoms with van der Waals surface area (Å²) in [5.41, 5.74) is 2.68. The molecule has 9 heteroatoms. The monoisotopic (exact) mass is 461 g/mol. The van der Waals surface area contributed by atoms with Crippen LogP contribution in [0.1, 0.15) is 12.5 Å². The zero-order valence-corrected chi connectivity index (χ0v) is 18.7. The largest absolute Gasteiger partial charge is 0.494 e. The van der Waals surface area contributed by atoms with Gasteiger partial charge in [-0.1, -0.05) is 36.4 Å². The van der Waals surface area contributed by atoms with E-state index in [-0.39, 0.29) is 11.9 Å². The fourth-order valence-corrected chi connectivity index (χ4v) is 4.81. The van der Waals surface area contributed by atoms with E-state index in [1.54, 1.807) is 0 Å². The van der Waals surface area contributed by atoms with Crippen LogP contribution in [0.3, 0.4) is 0 Å². The number of para-hydroxylation sites is 2. The summed E-state index contributed by atoms with van der Waals surface area (Å²) in [4.78, 5) is 36.9. The quantitative estimate of drug-likeness (QED) is 0.490. The van der Waals surface area contributed by atoms with Crippen LogP contribution in [0.15, 0.2) is 92.8 Å². The predicted molar refractivity (Wildman–Crippen MR) is 132 cm³/mol. The van der Waals surface area contributed by atoms with E-state index < -0.39 is 5.66 Å². The number of aliphatic imine (C=N–C) groups is 2. The Morgan fingerprint density at radius 1 is 1.00 bits per heavy atom. The van der Waals surface area contributed by atoms with E-state index in [1.165, 1.54) is 0 Å². The van der Waals surface area contributed by atoms with Gasteiger partial charge in [0.2, 0.25) is 11.6 Å². The molecule has 2 N–H and O–H groups in total. The molecule has 4 heterocycles. The zero-order valence-electron chi connectivity index (χ0n) is 18.7. The van der Waals surface area contributed by atoms with Gasteiger partial charge in [0.05, 0.1) is 6.61 Å². The van der Waals surface area contributed by atoms with Gasteiger partial charge in [0.1, 0.15) is 11.1 Å². The molecule has 1 atom stereocenters. The lowest BCUT2D eigenvalue weighted by atomic mass is 9.95. The Morgan fingerprint density at radius 3 is 2.66 bits per heavy atom. The summed E-state index contributed by atoms with van der Waals surface area (Å²) in [5.74, 6) is 1.16. The Morgan fingerprint density at radius 2 is 1.80 bits per heavy atom. The second-order valence-corrected chi connectivity index (χ2v) is 8.35. The molecule has 1 amide bonds. The maximum Gasteiger partial charge on any atom is 0.278 e. The average Bonchev–Trinajstić information content (AvgIpc) is 3.50. The number of benzene rings is 3. The van der Waals surface area contributed by atoms with Gasteiger partial charge in [0, 0.05) is 27.8 Å². The third-order valence-electron chi connectivity index (χ3n) is 6.34. The number of fused-ring (bicyclic) bond motifs is 5. The first-order chi connectivity index (χ1) is 17.2. The number of anilines is 2. The molecule has 0 fully saturated rings. The molecule has 1 spiro atoms. The molecule has 9 nitrogen and oxygen atoms in total. The molecule has 0 unspecified atom stereocenters. The van der Waals surface area contributed by atoms with Gasteiger partial charge in [-0.05, 0) is 43.3 Å². The summed E-state index contributed by atoms with van der Waals surface area (Å²) in [7, 11) is 0. The van der Waals surface area contributed by atoms with Gasteiger partial charge in [0.15, 0.2) is 5.49 Å². The van der Waals surface area contributed by atoms with Crippen LogP contribution in [0.2, 0.25) is 0 Å². The summed E-state index contributed by atoms with van der Waals surface area (Å²) < 4.78 is 5.59. The number of rotatable bonds is 3. The Labute approximate surface area is 199 Å². The molecule has 170 valence electrons. The number of nitrogens with zero attached hydrogens (tertiary/aromatic N) is 5. The summed E-state index contributed by atoms with van der Waals surface area (Å²) in [6.45, 7) is 2.51. The van der Waals surface area contributed by atoms with Crippen molar-refractivity contribution >= 4 is 40.1 Å². The van der Waals surface area contributed by atoms with E-state index in [0.717, 1.165) is 38.9 Å². The molecule has 3 aromatic carbocycles. The summed E-state index contributed by atoms with van der Waals surface area (Å²) in [5, 5.41) is 4.69. The Hall–Kier alpha value is -4.79. The van der Waals surface area contributed by atoms with Crippen molar-refractivity contribution in [3.05, 3.63) is 89.2 Å². The number of carbonyl (C=O) groups is 1. The fraction of sp³-hybridized carbons (Fsp3) is 0.115. The summed E-state index contributed by atoms with van der Waals surface area (Å²) in [6.07, 6.45) is 0. The van der Waals surface area contributed by atoms with Crippen molar-refractivity contribution in [3.63, 3.8) is 0 Å². The van der Waals surface area contributed by atoms with Crippen LogP contribution in [0, 0.1) is 0 Å². The van der Waals surface area contributed by atoms with Gasteiger partial charge in [-0.15, -0.1) is 0 Å². The first-order valence-corrected chi connectivity index (χ1v) is 11.3. The Balaban J connectivity index is 1.36. The minimum Gasteiger partial charge on any atom is -0.494 e. The van der Waals surface area contributed by atoms with Gasteiger partial charge in [-0.25, -0.2) is 9.98 Å². The van der Waals surface area contributed by atoms with Crippen molar-refractivity contribution in [1.82, 2.24) is 4.98 Å². The number of hydrogen-bond donors (Lipinski definition) is 2. The highest BCUT2D eigenvalue weighted by Crippen LogP contribution is 2.49. The number of H-pyrrole nitrogens is 1. The average molecular weight is 461 g/mol. The summed E-state index contributed by atoms with van der Waals surface area (Å²) in [6, 6.07) is 23.0. The number of carbonyl (C=O) groups excluding carboxylic acids is 1. The van der Waals surface area contributed by atoms with Gasteiger partial charge in [-0.3, -0.25) is 9.69 Å². The minimum absolute atomic E-state index is 0.229. The number of guanidine groups is 2. The highest BCUT2D eigenvalue weighted by atomic mass is 16.5. The number of aromatic amines is 1. The lowest BCUT2D eigenvalue weighted by molar-refractivity contribution is -0.120. The van der Waals surface area contributed by atoms with E-state index in [4.69, 9.17) is 9.73 Å². The highest BCUT2D eigenvalue weighted by molar-refractivity contribution is 6.21. The van der Waals surface area contributed by atoms with E-state index in [0.29, 0.717) is 18.1 Å². The molecular weight excluding hydrogens is 442 g/mol. The van der Waals surface area contributed by atoms with Gasteiger partial charge in [0.25, 0.3) is 11.9 Å². The molecule has 0 bridgehead atoms. The second-order valence-electron chi connectivity index (χ2n) is 8.35. The molecule has 0 aliphatic carbocycles. The number of amides is 1. The molecule has 4 aromatic rings. The maximum absolute atomic E-state index is 13.3. The third kappa shape index (κ3) is 2.72. The second kappa shape index (κ2) is 7.10. The Bertz CT molecular complexity index is 1720. The maximum atomic E-state index is 13.3. The molecule has 3 aliphatic heterocycles. The molecule has 35 heavy (non-hydrogen) atoms. The van der Waals surface area contributed by atoms with Crippen molar-refractivity contribution in [2.24, 2.45) is 20.0 Å². The van der Waals surface area contributed by atoms with Crippen LogP contribution in [-0.4, -0.2) is 29.4 Å². The van der Waals surface area contributed by atoms with Gasteiger partial charge >= 0.3 is 0 Å². The Kier molecular flexibility index (Phi) is 3.99. The van der Waals surface area contributed by atoms with Crippen molar-refractivity contribution in [1.29, 1.82) is 0 Å². The third-order valence-corrected chi connectivity index (χ3v) is 6.34. The van der Waals surface area contributed by atoms with Crippen molar-refractivity contribution in [2.45, 2.75) is 12.6 Å². The first kappa shape index (κ1) is 19.7. The number of hydrogen-bond acceptors (Lipinski definition) is 5. The van der Waals surface area contributed by atoms with Crippen molar-refractivity contribution < 1.29 is 9.53 Å². The van der Waals surface area contributed by atoms with Crippen LogP contribution < -0.4 is 25.8 Å². The number of ether oxygens (including phenoxy) is 1. The van der Waals surface area contributed by atoms with Crippen LogP contribution in [0.25, 0.3) is 10.9 Å². The van der Waals surface area contributed by atoms with Crippen LogP contribution in [0.5, 0.6) is 5.75 Å². The van der Waals surface area contributed by atoms with Gasteiger partial charge in [-0.2, -0.15) is 9.98 Å². The molecular formula is C26H19N7O2. The van der Waals surface area contributed by atoms with E-state index in [2.05, 4.69) is 25.3 Å². The minimum atomic E-state index is -1.23. The van der Waals surface area contributed by atoms with Crippen LogP contribution >= 0.6 is 0 Å². The standard InChI is InChI=1S/C26H19N7O2/c1-2-35-16-13-11-15(12-14-16)33-25(32-26(33)18-8-4-6-10-20(18)28-23(26)34)31-24-29-21-17-7-3-5-9-19(17)27-22(21)30-24/h3-14H,2H2,1H3,(H,28,34)(H,27,29,30,31,32)/t26-/m1/s1. The smallest absolute Gasteiger partial charge is 0.278 e. The molecule has 0 radical (unpaired) electrons. The van der Waals surface area contributed by atoms with Gasteiger partial charge < -0.3 is 15.0 Å². The molecule has 3 aliphatic rings. The number of aromatic nitrogens is 1. The van der Waals surface area contributed by atoms with Crippen LogP contribution in [0.4, 0.5) is 11.4 Å². The normalized spacial score (nSPS) is 20.7. The number of nitrogens with one attached hydrogen (secondary N) is 2. The molecule has 7 rings (SSSR count). The predicted octanol–water partition coefficient (Wildman–Crippen LogP) is 2.86. The molecule has 0 saturated carbocycles.